The summed E-state index contributed by atoms with van der Waals surface area (Å²) in [5.41, 5.74) is 0. The lowest BCUT2D eigenvalue weighted by molar-refractivity contribution is 0.402. The molecular formula is C7H8BFO3. The van der Waals surface area contributed by atoms with Crippen LogP contribution in [0, 0.1) is 5.82 Å². The predicted molar refractivity (Wildman–Crippen MR) is 42.9 cm³/mol. The Hall–Kier alpha value is -1.23. The van der Waals surface area contributed by atoms with Crippen LogP contribution in [0.2, 0.25) is 0 Å². The first-order valence-corrected chi connectivity index (χ1v) is 3.35. The van der Waals surface area contributed by atoms with Gasteiger partial charge in [0.05, 0.1) is 7.11 Å². The van der Waals surface area contributed by atoms with Crippen molar-refractivity contribution < 1.29 is 18.8 Å². The first kappa shape index (κ1) is 8.87. The molecule has 12 heavy (non-hydrogen) atoms. The minimum absolute atomic E-state index is 0.0123. The molecule has 3 nitrogen and oxygen atoms in total. The highest BCUT2D eigenvalue weighted by atomic mass is 19.1. The van der Waals surface area contributed by atoms with Crippen LogP contribution in [0.25, 0.3) is 0 Å². The van der Waals surface area contributed by atoms with Gasteiger partial charge in [-0.3, -0.25) is 0 Å². The van der Waals surface area contributed by atoms with E-state index in [-0.39, 0.29) is 5.75 Å². The summed E-state index contributed by atoms with van der Waals surface area (Å²) in [5.74, 6) is -0.125. The maximum Gasteiger partial charge on any atom is 0.504 e. The van der Waals surface area contributed by atoms with E-state index in [4.69, 9.17) is 9.76 Å². The molecule has 0 bridgehead atoms. The van der Waals surface area contributed by atoms with Gasteiger partial charge >= 0.3 is 7.69 Å². The Labute approximate surface area is 70.0 Å². The largest absolute Gasteiger partial charge is 0.537 e. The van der Waals surface area contributed by atoms with E-state index in [9.17, 15) is 4.39 Å². The van der Waals surface area contributed by atoms with Crippen LogP contribution >= 0.6 is 0 Å². The summed E-state index contributed by atoms with van der Waals surface area (Å²) in [7, 11) is 0.907. The molecule has 0 fully saturated rings. The van der Waals surface area contributed by atoms with E-state index < -0.39 is 13.5 Å². The van der Waals surface area contributed by atoms with Crippen molar-refractivity contribution in [1.29, 1.82) is 0 Å². The van der Waals surface area contributed by atoms with Gasteiger partial charge in [-0.1, -0.05) is 0 Å². The molecule has 1 aromatic rings. The Morgan fingerprint density at radius 1 is 1.50 bits per heavy atom. The molecule has 0 heterocycles. The third-order valence-electron chi connectivity index (χ3n) is 1.36. The number of benzene rings is 1. The Bertz CT molecular complexity index is 267. The van der Waals surface area contributed by atoms with E-state index >= 15 is 0 Å². The van der Waals surface area contributed by atoms with Crippen LogP contribution in [0.15, 0.2) is 18.2 Å². The van der Waals surface area contributed by atoms with Crippen molar-refractivity contribution in [1.82, 2.24) is 0 Å². The van der Waals surface area contributed by atoms with Gasteiger partial charge in [-0.15, -0.1) is 0 Å². The topological polar surface area (TPSA) is 38.7 Å². The molecule has 5 heteroatoms. The minimum atomic E-state index is -0.552. The molecule has 0 saturated heterocycles. The second-order valence-electron chi connectivity index (χ2n) is 2.07. The molecule has 0 aliphatic carbocycles. The molecule has 1 rings (SSSR count). The summed E-state index contributed by atoms with van der Waals surface area (Å²) in [6.07, 6.45) is 0. The molecule has 0 aromatic heterocycles. The van der Waals surface area contributed by atoms with Crippen molar-refractivity contribution in [2.24, 2.45) is 0 Å². The molecule has 1 N–H and O–H groups in total. The highest BCUT2D eigenvalue weighted by molar-refractivity contribution is 6.17. The predicted octanol–water partition coefficient (Wildman–Crippen LogP) is 0.472. The lowest BCUT2D eigenvalue weighted by Gasteiger charge is -2.04. The monoisotopic (exact) mass is 170 g/mol. The Morgan fingerprint density at radius 3 is 2.75 bits per heavy atom. The van der Waals surface area contributed by atoms with E-state index in [0.717, 1.165) is 0 Å². The van der Waals surface area contributed by atoms with E-state index in [0.29, 0.717) is 5.75 Å². The van der Waals surface area contributed by atoms with E-state index in [2.05, 4.69) is 4.65 Å². The van der Waals surface area contributed by atoms with Gasteiger partial charge < -0.3 is 14.4 Å². The number of methoxy groups -OCH3 is 1. The fraction of sp³-hybridized carbons (Fsp3) is 0.143. The van der Waals surface area contributed by atoms with Crippen LogP contribution in [-0.4, -0.2) is 19.8 Å². The Kier molecular flexibility index (Phi) is 2.93. The van der Waals surface area contributed by atoms with Gasteiger partial charge in [0.15, 0.2) is 5.82 Å². The van der Waals surface area contributed by atoms with Gasteiger partial charge in [-0.05, 0) is 12.1 Å². The van der Waals surface area contributed by atoms with Crippen molar-refractivity contribution in [2.45, 2.75) is 0 Å². The first-order valence-electron chi connectivity index (χ1n) is 3.35. The number of ether oxygens (including phenoxy) is 1. The van der Waals surface area contributed by atoms with Crippen molar-refractivity contribution in [2.75, 3.05) is 7.11 Å². The minimum Gasteiger partial charge on any atom is -0.537 e. The van der Waals surface area contributed by atoms with Gasteiger partial charge in [0, 0.05) is 6.07 Å². The number of halogens is 1. The summed E-state index contributed by atoms with van der Waals surface area (Å²) < 4.78 is 22.2. The van der Waals surface area contributed by atoms with Gasteiger partial charge in [-0.25, -0.2) is 4.39 Å². The molecule has 0 spiro atoms. The average molecular weight is 170 g/mol. The molecule has 64 valence electrons. The smallest absolute Gasteiger partial charge is 0.504 e. The third-order valence-corrected chi connectivity index (χ3v) is 1.36. The summed E-state index contributed by atoms with van der Waals surface area (Å²) in [5, 5.41) is 8.35. The van der Waals surface area contributed by atoms with Crippen LogP contribution in [-0.2, 0) is 0 Å². The third kappa shape index (κ3) is 1.89. The van der Waals surface area contributed by atoms with Gasteiger partial charge in [-0.2, -0.15) is 0 Å². The van der Waals surface area contributed by atoms with Crippen LogP contribution in [0.5, 0.6) is 11.5 Å². The molecule has 0 aliphatic rings. The molecule has 1 aromatic carbocycles. The first-order chi connectivity index (χ1) is 5.77. The zero-order chi connectivity index (χ0) is 8.97. The molecular weight excluding hydrogens is 162 g/mol. The van der Waals surface area contributed by atoms with Crippen molar-refractivity contribution in [3.8, 4) is 11.5 Å². The molecule has 0 radical (unpaired) electrons. The van der Waals surface area contributed by atoms with E-state index in [1.165, 1.54) is 19.2 Å². The molecule has 0 amide bonds. The molecule has 0 atom stereocenters. The van der Waals surface area contributed by atoms with Crippen molar-refractivity contribution in [3.63, 3.8) is 0 Å². The highest BCUT2D eigenvalue weighted by Gasteiger charge is 2.03. The average Bonchev–Trinajstić information content (AvgIpc) is 2.09. The molecule has 0 unspecified atom stereocenters. The lowest BCUT2D eigenvalue weighted by atomic mass is 10.3. The Balaban J connectivity index is 2.87. The highest BCUT2D eigenvalue weighted by Crippen LogP contribution is 2.21. The molecule has 0 aliphatic heterocycles. The van der Waals surface area contributed by atoms with Gasteiger partial charge in [0.1, 0.15) is 11.5 Å². The fourth-order valence-electron chi connectivity index (χ4n) is 0.795. The van der Waals surface area contributed by atoms with Crippen molar-refractivity contribution in [3.05, 3.63) is 24.0 Å². The van der Waals surface area contributed by atoms with Crippen LogP contribution in [0.4, 0.5) is 4.39 Å². The van der Waals surface area contributed by atoms with Crippen LogP contribution in [0.1, 0.15) is 0 Å². The number of rotatable bonds is 3. The van der Waals surface area contributed by atoms with E-state index in [1.807, 2.05) is 0 Å². The summed E-state index contributed by atoms with van der Waals surface area (Å²) in [6, 6.07) is 4.13. The van der Waals surface area contributed by atoms with Gasteiger partial charge in [0.2, 0.25) is 0 Å². The maximum atomic E-state index is 12.9. The zero-order valence-corrected chi connectivity index (χ0v) is 6.58. The second-order valence-corrected chi connectivity index (χ2v) is 2.07. The van der Waals surface area contributed by atoms with Crippen LogP contribution in [0.3, 0.4) is 0 Å². The van der Waals surface area contributed by atoms with Crippen molar-refractivity contribution >= 4 is 7.69 Å². The lowest BCUT2D eigenvalue weighted by Crippen LogP contribution is -2.01. The van der Waals surface area contributed by atoms with E-state index in [1.54, 1.807) is 6.07 Å². The fourth-order valence-corrected chi connectivity index (χ4v) is 0.795. The zero-order valence-electron chi connectivity index (χ0n) is 6.58. The quantitative estimate of drug-likeness (QED) is 0.670. The number of hydrogen-bond acceptors (Lipinski definition) is 3. The number of hydrogen-bond donors (Lipinski definition) is 1. The molecule has 0 saturated carbocycles. The summed E-state index contributed by atoms with van der Waals surface area (Å²) >= 11 is 0. The SMILES string of the molecule is COc1ccc(OBO)c(F)c1. The standard InChI is InChI=1S/C7H8BFO3/c1-11-5-2-3-7(12-8-10)6(9)4-5/h2-4,8,10H,1H3. The Morgan fingerprint density at radius 2 is 2.25 bits per heavy atom. The van der Waals surface area contributed by atoms with Gasteiger partial charge in [0.25, 0.3) is 0 Å². The summed E-state index contributed by atoms with van der Waals surface area (Å²) in [6.45, 7) is 0. The summed E-state index contributed by atoms with van der Waals surface area (Å²) in [4.78, 5) is 0. The normalized spacial score (nSPS) is 9.25. The maximum absolute atomic E-state index is 12.9. The van der Waals surface area contributed by atoms with Crippen LogP contribution < -0.4 is 9.39 Å². The second kappa shape index (κ2) is 3.97.